The summed E-state index contributed by atoms with van der Waals surface area (Å²) in [6.45, 7) is 6.85. The number of carbonyl (C=O) groups is 1. The zero-order valence-corrected chi connectivity index (χ0v) is 24.8. The largest absolute Gasteiger partial charge is 0.353 e. The monoisotopic (exact) mass is 494 g/mol. The summed E-state index contributed by atoms with van der Waals surface area (Å²) >= 11 is 0. The maximum atomic E-state index is 12.6. The highest BCUT2D eigenvalue weighted by molar-refractivity contribution is 5.76. The van der Waals surface area contributed by atoms with Crippen LogP contribution in [0.4, 0.5) is 0 Å². The van der Waals surface area contributed by atoms with Crippen molar-refractivity contribution in [3.63, 3.8) is 0 Å². The van der Waals surface area contributed by atoms with E-state index in [2.05, 4.69) is 26.1 Å². The molecule has 0 radical (unpaired) electrons. The molecule has 0 aliphatic rings. The number of carbonyl (C=O) groups excluding carboxylic acids is 1. The minimum Gasteiger partial charge on any atom is -0.353 e. The third-order valence-corrected chi connectivity index (χ3v) is 7.68. The van der Waals surface area contributed by atoms with Crippen molar-refractivity contribution in [2.24, 2.45) is 0 Å². The van der Waals surface area contributed by atoms with Crippen molar-refractivity contribution in [1.29, 1.82) is 0 Å². The lowest BCUT2D eigenvalue weighted by Gasteiger charge is -2.19. The molecule has 0 atom stereocenters. The molecule has 0 aliphatic heterocycles. The first-order valence-corrected chi connectivity index (χ1v) is 16.5. The van der Waals surface area contributed by atoms with Gasteiger partial charge < -0.3 is 5.32 Å². The van der Waals surface area contributed by atoms with Crippen LogP contribution in [0.5, 0.6) is 0 Å². The highest BCUT2D eigenvalue weighted by atomic mass is 16.1. The lowest BCUT2D eigenvalue weighted by atomic mass is 9.99. The zero-order valence-electron chi connectivity index (χ0n) is 24.8. The van der Waals surface area contributed by atoms with Gasteiger partial charge in [-0.1, -0.05) is 175 Å². The standard InChI is InChI=1S/C33H67NO/c1-4-7-10-13-16-17-18-19-20-21-22-25-28-31-33(35)34-32(29-26-23-14-11-8-5-2)30-27-24-15-12-9-6-3/h32H,4-31H2,1-3H3,(H,34,35). The molecule has 0 rings (SSSR count). The molecule has 2 heteroatoms. The van der Waals surface area contributed by atoms with E-state index < -0.39 is 0 Å². The van der Waals surface area contributed by atoms with Crippen molar-refractivity contribution in [2.45, 2.75) is 207 Å². The number of rotatable bonds is 29. The second-order valence-corrected chi connectivity index (χ2v) is 11.4. The van der Waals surface area contributed by atoms with Gasteiger partial charge in [-0.25, -0.2) is 0 Å². The minimum atomic E-state index is 0.315. The summed E-state index contributed by atoms with van der Waals surface area (Å²) in [6.07, 6.45) is 36.9. The molecular formula is C33H67NO. The van der Waals surface area contributed by atoms with Crippen molar-refractivity contribution in [3.05, 3.63) is 0 Å². The van der Waals surface area contributed by atoms with E-state index in [-0.39, 0.29) is 0 Å². The zero-order chi connectivity index (χ0) is 25.7. The smallest absolute Gasteiger partial charge is 0.220 e. The Morgan fingerprint density at radius 2 is 0.714 bits per heavy atom. The van der Waals surface area contributed by atoms with E-state index in [0.29, 0.717) is 11.9 Å². The van der Waals surface area contributed by atoms with E-state index in [4.69, 9.17) is 0 Å². The predicted molar refractivity (Wildman–Crippen MR) is 158 cm³/mol. The molecule has 1 N–H and O–H groups in total. The van der Waals surface area contributed by atoms with Crippen molar-refractivity contribution in [2.75, 3.05) is 0 Å². The minimum absolute atomic E-state index is 0.315. The molecule has 0 aromatic rings. The van der Waals surface area contributed by atoms with Crippen molar-refractivity contribution < 1.29 is 4.79 Å². The SMILES string of the molecule is CCCCCCCCCCCCCCCC(=O)NC(CCCCCCCC)CCCCCCCC. The molecule has 0 saturated heterocycles. The van der Waals surface area contributed by atoms with Crippen LogP contribution in [0.2, 0.25) is 0 Å². The van der Waals surface area contributed by atoms with Gasteiger partial charge in [0, 0.05) is 12.5 Å². The lowest BCUT2D eigenvalue weighted by Crippen LogP contribution is -2.34. The van der Waals surface area contributed by atoms with Crippen molar-refractivity contribution in [1.82, 2.24) is 5.32 Å². The predicted octanol–water partition coefficient (Wildman–Crippen LogP) is 11.5. The van der Waals surface area contributed by atoms with Crippen molar-refractivity contribution in [3.8, 4) is 0 Å². The summed E-state index contributed by atoms with van der Waals surface area (Å²) in [5, 5.41) is 3.43. The summed E-state index contributed by atoms with van der Waals surface area (Å²) < 4.78 is 0. The van der Waals surface area contributed by atoms with Crippen molar-refractivity contribution >= 4 is 5.91 Å². The Hall–Kier alpha value is -0.530. The summed E-state index contributed by atoms with van der Waals surface area (Å²) in [5.41, 5.74) is 0. The molecule has 0 unspecified atom stereocenters. The van der Waals surface area contributed by atoms with Crippen LogP contribution in [0.3, 0.4) is 0 Å². The Morgan fingerprint density at radius 3 is 1.06 bits per heavy atom. The Balaban J connectivity index is 3.83. The van der Waals surface area contributed by atoms with Crippen LogP contribution in [0, 0.1) is 0 Å². The molecule has 1 amide bonds. The van der Waals surface area contributed by atoms with Gasteiger partial charge >= 0.3 is 0 Å². The summed E-state index contributed by atoms with van der Waals surface area (Å²) in [4.78, 5) is 12.6. The van der Waals surface area contributed by atoms with Gasteiger partial charge in [-0.15, -0.1) is 0 Å². The Labute approximate surface area is 222 Å². The van der Waals surface area contributed by atoms with Crippen LogP contribution in [-0.2, 0) is 4.79 Å². The van der Waals surface area contributed by atoms with E-state index in [1.165, 1.54) is 167 Å². The van der Waals surface area contributed by atoms with Gasteiger partial charge in [-0.2, -0.15) is 0 Å². The van der Waals surface area contributed by atoms with E-state index in [1.54, 1.807) is 0 Å². The number of hydrogen-bond donors (Lipinski definition) is 1. The molecule has 0 heterocycles. The van der Waals surface area contributed by atoms with Gasteiger partial charge in [-0.3, -0.25) is 4.79 Å². The van der Waals surface area contributed by atoms with Crippen LogP contribution >= 0.6 is 0 Å². The molecular weight excluding hydrogens is 426 g/mol. The highest BCUT2D eigenvalue weighted by Gasteiger charge is 2.12. The first-order valence-electron chi connectivity index (χ1n) is 16.5. The van der Waals surface area contributed by atoms with Gasteiger partial charge in [0.15, 0.2) is 0 Å². The fraction of sp³-hybridized carbons (Fsp3) is 0.970. The molecule has 0 aromatic heterocycles. The summed E-state index contributed by atoms with van der Waals surface area (Å²) in [7, 11) is 0. The van der Waals surface area contributed by atoms with Gasteiger partial charge in [0.25, 0.3) is 0 Å². The number of amides is 1. The van der Waals surface area contributed by atoms with Gasteiger partial charge in [-0.05, 0) is 19.3 Å². The second-order valence-electron chi connectivity index (χ2n) is 11.4. The normalized spacial score (nSPS) is 11.4. The summed E-state index contributed by atoms with van der Waals surface area (Å²) in [6, 6.07) is 0.418. The average Bonchev–Trinajstić information content (AvgIpc) is 2.86. The highest BCUT2D eigenvalue weighted by Crippen LogP contribution is 2.16. The topological polar surface area (TPSA) is 29.1 Å². The number of hydrogen-bond acceptors (Lipinski definition) is 1. The maximum Gasteiger partial charge on any atom is 0.220 e. The molecule has 0 aromatic carbocycles. The fourth-order valence-corrected chi connectivity index (χ4v) is 5.23. The fourth-order valence-electron chi connectivity index (χ4n) is 5.23. The van der Waals surface area contributed by atoms with Crippen LogP contribution in [0.25, 0.3) is 0 Å². The van der Waals surface area contributed by atoms with Crippen LogP contribution < -0.4 is 5.32 Å². The van der Waals surface area contributed by atoms with Crippen LogP contribution in [0.15, 0.2) is 0 Å². The first-order chi connectivity index (χ1) is 17.2. The molecule has 0 saturated carbocycles. The van der Waals surface area contributed by atoms with Crippen LogP contribution in [-0.4, -0.2) is 11.9 Å². The molecule has 0 aliphatic carbocycles. The van der Waals surface area contributed by atoms with E-state index >= 15 is 0 Å². The Kier molecular flexibility index (Phi) is 29.2. The first kappa shape index (κ1) is 34.5. The average molecular weight is 494 g/mol. The number of unbranched alkanes of at least 4 members (excludes halogenated alkanes) is 22. The van der Waals surface area contributed by atoms with E-state index in [9.17, 15) is 4.79 Å². The summed E-state index contributed by atoms with van der Waals surface area (Å²) in [5.74, 6) is 0.315. The molecule has 210 valence electrons. The molecule has 0 fully saturated rings. The van der Waals surface area contributed by atoms with Gasteiger partial charge in [0.05, 0.1) is 0 Å². The molecule has 35 heavy (non-hydrogen) atoms. The Bertz CT molecular complexity index is 392. The van der Waals surface area contributed by atoms with E-state index in [1.807, 2.05) is 0 Å². The number of nitrogens with one attached hydrogen (secondary N) is 1. The molecule has 0 spiro atoms. The third kappa shape index (κ3) is 27.9. The van der Waals surface area contributed by atoms with E-state index in [0.717, 1.165) is 12.8 Å². The Morgan fingerprint density at radius 1 is 0.429 bits per heavy atom. The van der Waals surface area contributed by atoms with Crippen LogP contribution in [0.1, 0.15) is 201 Å². The molecule has 0 bridgehead atoms. The maximum absolute atomic E-state index is 12.6. The van der Waals surface area contributed by atoms with Gasteiger partial charge in [0.1, 0.15) is 0 Å². The lowest BCUT2D eigenvalue weighted by molar-refractivity contribution is -0.122. The van der Waals surface area contributed by atoms with Gasteiger partial charge in [0.2, 0.25) is 5.91 Å². The quantitative estimate of drug-likeness (QED) is 0.103. The molecule has 2 nitrogen and oxygen atoms in total. The second kappa shape index (κ2) is 29.7. The third-order valence-electron chi connectivity index (χ3n) is 7.68.